The summed E-state index contributed by atoms with van der Waals surface area (Å²) in [6, 6.07) is 10.3. The first-order chi connectivity index (χ1) is 8.70. The van der Waals surface area contributed by atoms with Crippen molar-refractivity contribution in [1.82, 2.24) is 9.97 Å². The highest BCUT2D eigenvalue weighted by Crippen LogP contribution is 2.19. The molecule has 0 saturated heterocycles. The molecule has 0 atom stereocenters. The average Bonchev–Trinajstić information content (AvgIpc) is 2.40. The molecule has 0 bridgehead atoms. The average molecular weight is 242 g/mol. The van der Waals surface area contributed by atoms with Gasteiger partial charge in [0, 0.05) is 19.2 Å². The highest BCUT2D eigenvalue weighted by atomic mass is 15.1. The van der Waals surface area contributed by atoms with Gasteiger partial charge in [0.05, 0.1) is 0 Å². The number of nitrogens with one attached hydrogen (secondary N) is 2. The van der Waals surface area contributed by atoms with E-state index in [1.807, 2.05) is 39.1 Å². The maximum Gasteiger partial charge on any atom is 0.135 e. The molecule has 0 amide bonds. The van der Waals surface area contributed by atoms with Gasteiger partial charge < -0.3 is 10.6 Å². The predicted molar refractivity (Wildman–Crippen MR) is 74.8 cm³/mol. The smallest absolute Gasteiger partial charge is 0.135 e. The minimum absolute atomic E-state index is 0.764. The maximum atomic E-state index is 4.43. The highest BCUT2D eigenvalue weighted by molar-refractivity contribution is 5.57. The monoisotopic (exact) mass is 242 g/mol. The number of nitrogens with zero attached hydrogens (tertiary/aromatic N) is 2. The van der Waals surface area contributed by atoms with Gasteiger partial charge in [-0.1, -0.05) is 30.3 Å². The number of aromatic nitrogens is 2. The second-order valence-corrected chi connectivity index (χ2v) is 4.18. The Hall–Kier alpha value is -2.10. The standard InChI is InChI=1S/C14H18N4/c1-10-13(15-3)17-11(2)18-14(10)16-9-12-7-5-4-6-8-12/h4-8H,9H2,1-3H3,(H2,15,16,17,18). The third-order valence-electron chi connectivity index (χ3n) is 2.80. The van der Waals surface area contributed by atoms with Gasteiger partial charge in [-0.25, -0.2) is 9.97 Å². The fourth-order valence-electron chi connectivity index (χ4n) is 1.83. The zero-order chi connectivity index (χ0) is 13.0. The third kappa shape index (κ3) is 2.77. The Labute approximate surface area is 107 Å². The van der Waals surface area contributed by atoms with Crippen molar-refractivity contribution in [3.05, 3.63) is 47.3 Å². The summed E-state index contributed by atoms with van der Waals surface area (Å²) in [4.78, 5) is 8.78. The van der Waals surface area contributed by atoms with Gasteiger partial charge in [0.1, 0.15) is 17.5 Å². The number of hydrogen-bond acceptors (Lipinski definition) is 4. The van der Waals surface area contributed by atoms with Gasteiger partial charge in [-0.2, -0.15) is 0 Å². The number of hydrogen-bond donors (Lipinski definition) is 2. The summed E-state index contributed by atoms with van der Waals surface area (Å²) in [5.41, 5.74) is 2.28. The van der Waals surface area contributed by atoms with Crippen LogP contribution in [0, 0.1) is 13.8 Å². The zero-order valence-corrected chi connectivity index (χ0v) is 11.0. The molecule has 0 aliphatic heterocycles. The molecule has 0 fully saturated rings. The first-order valence-electron chi connectivity index (χ1n) is 6.01. The highest BCUT2D eigenvalue weighted by Gasteiger charge is 2.07. The third-order valence-corrected chi connectivity index (χ3v) is 2.80. The molecule has 0 radical (unpaired) electrons. The van der Waals surface area contributed by atoms with Gasteiger partial charge in [-0.3, -0.25) is 0 Å². The molecule has 2 N–H and O–H groups in total. The Bertz CT molecular complexity index is 523. The van der Waals surface area contributed by atoms with Crippen molar-refractivity contribution in [1.29, 1.82) is 0 Å². The Morgan fingerprint density at radius 2 is 1.67 bits per heavy atom. The van der Waals surface area contributed by atoms with E-state index in [9.17, 15) is 0 Å². The van der Waals surface area contributed by atoms with Crippen LogP contribution < -0.4 is 10.6 Å². The fraction of sp³-hybridized carbons (Fsp3) is 0.286. The van der Waals surface area contributed by atoms with Crippen molar-refractivity contribution in [2.45, 2.75) is 20.4 Å². The first kappa shape index (κ1) is 12.4. The lowest BCUT2D eigenvalue weighted by molar-refractivity contribution is 1.00. The number of rotatable bonds is 4. The van der Waals surface area contributed by atoms with Gasteiger partial charge in [0.25, 0.3) is 0 Å². The fourth-order valence-corrected chi connectivity index (χ4v) is 1.83. The molecule has 2 aromatic rings. The Balaban J connectivity index is 2.17. The molecule has 2 rings (SSSR count). The molecule has 1 aromatic carbocycles. The van der Waals surface area contributed by atoms with Crippen LogP contribution in [0.4, 0.5) is 11.6 Å². The molecular weight excluding hydrogens is 224 g/mol. The normalized spacial score (nSPS) is 10.2. The van der Waals surface area contributed by atoms with Crippen LogP contribution in [-0.4, -0.2) is 17.0 Å². The number of benzene rings is 1. The molecule has 0 spiro atoms. The molecule has 1 aromatic heterocycles. The van der Waals surface area contributed by atoms with Crippen molar-refractivity contribution in [2.75, 3.05) is 17.7 Å². The second-order valence-electron chi connectivity index (χ2n) is 4.18. The Morgan fingerprint density at radius 1 is 1.00 bits per heavy atom. The summed E-state index contributed by atoms with van der Waals surface area (Å²) in [5.74, 6) is 2.52. The van der Waals surface area contributed by atoms with Crippen molar-refractivity contribution >= 4 is 11.6 Å². The Kier molecular flexibility index (Phi) is 3.77. The van der Waals surface area contributed by atoms with Gasteiger partial charge in [-0.15, -0.1) is 0 Å². The van der Waals surface area contributed by atoms with E-state index in [0.29, 0.717) is 0 Å². The lowest BCUT2D eigenvalue weighted by Crippen LogP contribution is -2.08. The maximum absolute atomic E-state index is 4.43. The molecule has 0 unspecified atom stereocenters. The van der Waals surface area contributed by atoms with Crippen LogP contribution >= 0.6 is 0 Å². The quantitative estimate of drug-likeness (QED) is 0.865. The van der Waals surface area contributed by atoms with E-state index in [2.05, 4.69) is 32.7 Å². The van der Waals surface area contributed by atoms with E-state index in [1.54, 1.807) is 0 Å². The summed E-state index contributed by atoms with van der Waals surface area (Å²) in [6.07, 6.45) is 0. The molecule has 94 valence electrons. The minimum Gasteiger partial charge on any atom is -0.373 e. The number of anilines is 2. The summed E-state index contributed by atoms with van der Waals surface area (Å²) in [5, 5.41) is 6.44. The van der Waals surface area contributed by atoms with Crippen molar-refractivity contribution in [2.24, 2.45) is 0 Å². The molecule has 18 heavy (non-hydrogen) atoms. The van der Waals surface area contributed by atoms with Crippen molar-refractivity contribution in [3.63, 3.8) is 0 Å². The zero-order valence-electron chi connectivity index (χ0n) is 11.0. The summed E-state index contributed by atoms with van der Waals surface area (Å²) >= 11 is 0. The predicted octanol–water partition coefficient (Wildman–Crippen LogP) is 2.75. The summed E-state index contributed by atoms with van der Waals surface area (Å²) in [7, 11) is 1.87. The van der Waals surface area contributed by atoms with E-state index in [1.165, 1.54) is 5.56 Å². The van der Waals surface area contributed by atoms with Crippen molar-refractivity contribution < 1.29 is 0 Å². The minimum atomic E-state index is 0.764. The first-order valence-corrected chi connectivity index (χ1v) is 6.01. The van der Waals surface area contributed by atoms with Gasteiger partial charge in [-0.05, 0) is 19.4 Å². The summed E-state index contributed by atoms with van der Waals surface area (Å²) < 4.78 is 0. The lowest BCUT2D eigenvalue weighted by Gasteiger charge is -2.12. The van der Waals surface area contributed by atoms with E-state index in [-0.39, 0.29) is 0 Å². The molecule has 0 saturated carbocycles. The van der Waals surface area contributed by atoms with Crippen LogP contribution in [0.15, 0.2) is 30.3 Å². The molecule has 0 aliphatic carbocycles. The molecule has 4 nitrogen and oxygen atoms in total. The van der Waals surface area contributed by atoms with Crippen molar-refractivity contribution in [3.8, 4) is 0 Å². The lowest BCUT2D eigenvalue weighted by atomic mass is 10.2. The molecule has 0 aliphatic rings. The van der Waals surface area contributed by atoms with Crippen LogP contribution in [0.2, 0.25) is 0 Å². The topological polar surface area (TPSA) is 49.8 Å². The van der Waals surface area contributed by atoms with Gasteiger partial charge in [0.15, 0.2) is 0 Å². The number of aryl methyl sites for hydroxylation is 1. The van der Waals surface area contributed by atoms with Crippen LogP contribution in [0.3, 0.4) is 0 Å². The summed E-state index contributed by atoms with van der Waals surface area (Å²) in [6.45, 7) is 4.67. The van der Waals surface area contributed by atoms with E-state index in [0.717, 1.165) is 29.6 Å². The molecular formula is C14H18N4. The van der Waals surface area contributed by atoms with Gasteiger partial charge >= 0.3 is 0 Å². The van der Waals surface area contributed by atoms with E-state index < -0.39 is 0 Å². The molecule has 1 heterocycles. The van der Waals surface area contributed by atoms with E-state index >= 15 is 0 Å². The van der Waals surface area contributed by atoms with Gasteiger partial charge in [0.2, 0.25) is 0 Å². The second kappa shape index (κ2) is 5.49. The van der Waals surface area contributed by atoms with Crippen LogP contribution in [0.1, 0.15) is 17.0 Å². The van der Waals surface area contributed by atoms with Crippen LogP contribution in [-0.2, 0) is 6.54 Å². The van der Waals surface area contributed by atoms with Crippen LogP contribution in [0.25, 0.3) is 0 Å². The van der Waals surface area contributed by atoms with E-state index in [4.69, 9.17) is 0 Å². The largest absolute Gasteiger partial charge is 0.373 e. The SMILES string of the molecule is CNc1nc(C)nc(NCc2ccccc2)c1C. The Morgan fingerprint density at radius 3 is 2.33 bits per heavy atom. The molecule has 4 heteroatoms. The van der Waals surface area contributed by atoms with Crippen LogP contribution in [0.5, 0.6) is 0 Å².